The van der Waals surface area contributed by atoms with Crippen molar-refractivity contribution in [2.45, 2.75) is 13.8 Å². The van der Waals surface area contributed by atoms with Gasteiger partial charge in [0.2, 0.25) is 0 Å². The second kappa shape index (κ2) is 4.34. The second-order valence-electron chi connectivity index (χ2n) is 2.40. The van der Waals surface area contributed by atoms with Gasteiger partial charge in [0.05, 0.1) is 6.61 Å². The molecule has 0 spiro atoms. The first-order valence-electron chi connectivity index (χ1n) is 3.05. The highest BCUT2D eigenvalue weighted by Crippen LogP contribution is 2.01. The summed E-state index contributed by atoms with van der Waals surface area (Å²) in [6.07, 6.45) is 0. The Bertz CT molecular complexity index is 141. The quantitative estimate of drug-likeness (QED) is 0.468. The third-order valence-corrected chi connectivity index (χ3v) is 0.924. The minimum Gasteiger partial charge on any atom is -0.461 e. The predicted molar refractivity (Wildman–Crippen MR) is 40.8 cm³/mol. The van der Waals surface area contributed by atoms with Crippen LogP contribution in [-0.2, 0) is 9.53 Å². The van der Waals surface area contributed by atoms with Gasteiger partial charge in [-0.2, -0.15) is 0 Å². The van der Waals surface area contributed by atoms with Crippen molar-refractivity contribution in [2.75, 3.05) is 6.61 Å². The van der Waals surface area contributed by atoms with Crippen LogP contribution in [0.5, 0.6) is 0 Å². The van der Waals surface area contributed by atoms with Crippen molar-refractivity contribution in [3.8, 4) is 0 Å². The molecule has 0 saturated heterocycles. The lowest BCUT2D eigenvalue weighted by Crippen LogP contribution is -2.08. The van der Waals surface area contributed by atoms with Gasteiger partial charge in [0.1, 0.15) is 5.03 Å². The van der Waals surface area contributed by atoms with Crippen molar-refractivity contribution in [3.63, 3.8) is 0 Å². The van der Waals surface area contributed by atoms with E-state index in [2.05, 4.69) is 6.58 Å². The third-order valence-electron chi connectivity index (χ3n) is 0.769. The topological polar surface area (TPSA) is 26.3 Å². The smallest absolute Gasteiger partial charge is 0.349 e. The summed E-state index contributed by atoms with van der Waals surface area (Å²) >= 11 is 5.24. The fraction of sp³-hybridized carbons (Fsp3) is 0.571. The average molecular weight is 163 g/mol. The van der Waals surface area contributed by atoms with Crippen LogP contribution in [0, 0.1) is 5.92 Å². The molecule has 0 heterocycles. The number of hydrogen-bond acceptors (Lipinski definition) is 2. The Hall–Kier alpha value is -0.500. The molecule has 0 aromatic heterocycles. The molecular formula is C7H11ClO2. The Morgan fingerprint density at radius 2 is 2.20 bits per heavy atom. The zero-order valence-corrected chi connectivity index (χ0v) is 6.94. The van der Waals surface area contributed by atoms with Crippen molar-refractivity contribution in [3.05, 3.63) is 11.6 Å². The Balaban J connectivity index is 3.50. The maximum absolute atomic E-state index is 10.6. The summed E-state index contributed by atoms with van der Waals surface area (Å²) in [4.78, 5) is 10.6. The SMILES string of the molecule is C=C(Cl)C(=O)OCC(C)C. The first-order valence-corrected chi connectivity index (χ1v) is 3.43. The molecule has 0 atom stereocenters. The van der Waals surface area contributed by atoms with Gasteiger partial charge in [0, 0.05) is 0 Å². The van der Waals surface area contributed by atoms with Crippen molar-refractivity contribution >= 4 is 17.6 Å². The van der Waals surface area contributed by atoms with Gasteiger partial charge in [-0.25, -0.2) is 4.79 Å². The highest BCUT2D eigenvalue weighted by molar-refractivity contribution is 6.40. The summed E-state index contributed by atoms with van der Waals surface area (Å²) < 4.78 is 4.69. The van der Waals surface area contributed by atoms with Crippen LogP contribution in [0.25, 0.3) is 0 Å². The third kappa shape index (κ3) is 4.39. The van der Waals surface area contributed by atoms with Gasteiger partial charge >= 0.3 is 5.97 Å². The van der Waals surface area contributed by atoms with Gasteiger partial charge in [-0.1, -0.05) is 32.0 Å². The molecule has 0 aromatic rings. The summed E-state index contributed by atoms with van der Waals surface area (Å²) in [6.45, 7) is 7.51. The van der Waals surface area contributed by atoms with E-state index in [1.165, 1.54) is 0 Å². The molecule has 0 bridgehead atoms. The van der Waals surface area contributed by atoms with E-state index in [4.69, 9.17) is 16.3 Å². The monoisotopic (exact) mass is 162 g/mol. The zero-order chi connectivity index (χ0) is 8.15. The van der Waals surface area contributed by atoms with Crippen LogP contribution in [0.3, 0.4) is 0 Å². The molecule has 10 heavy (non-hydrogen) atoms. The lowest BCUT2D eigenvalue weighted by molar-refractivity contribution is -0.139. The molecule has 0 rings (SSSR count). The van der Waals surface area contributed by atoms with Crippen LogP contribution in [0.15, 0.2) is 11.6 Å². The number of ether oxygens (including phenoxy) is 1. The first-order chi connectivity index (χ1) is 4.54. The summed E-state index contributed by atoms with van der Waals surface area (Å²) in [7, 11) is 0. The molecular weight excluding hydrogens is 152 g/mol. The minimum atomic E-state index is -0.532. The second-order valence-corrected chi connectivity index (χ2v) is 2.85. The Morgan fingerprint density at radius 1 is 1.70 bits per heavy atom. The van der Waals surface area contributed by atoms with Gasteiger partial charge in [0.25, 0.3) is 0 Å². The maximum atomic E-state index is 10.6. The number of hydrogen-bond donors (Lipinski definition) is 0. The van der Waals surface area contributed by atoms with E-state index < -0.39 is 5.97 Å². The van der Waals surface area contributed by atoms with E-state index in [1.54, 1.807) is 0 Å². The fourth-order valence-corrected chi connectivity index (χ4v) is 0.375. The summed E-state index contributed by atoms with van der Waals surface area (Å²) in [6, 6.07) is 0. The average Bonchev–Trinajstić information content (AvgIpc) is 1.82. The van der Waals surface area contributed by atoms with E-state index in [0.717, 1.165) is 0 Å². The van der Waals surface area contributed by atoms with E-state index >= 15 is 0 Å². The maximum Gasteiger partial charge on any atom is 0.349 e. The highest BCUT2D eigenvalue weighted by atomic mass is 35.5. The Morgan fingerprint density at radius 3 is 2.50 bits per heavy atom. The lowest BCUT2D eigenvalue weighted by Gasteiger charge is -2.04. The molecule has 0 amide bonds. The predicted octanol–water partition coefficient (Wildman–Crippen LogP) is 1.94. The molecule has 3 heteroatoms. The minimum absolute atomic E-state index is 0.0688. The number of carbonyl (C=O) groups excluding carboxylic acids is 1. The molecule has 0 saturated carbocycles. The van der Waals surface area contributed by atoms with Crippen LogP contribution in [-0.4, -0.2) is 12.6 Å². The van der Waals surface area contributed by atoms with E-state index in [-0.39, 0.29) is 5.03 Å². The molecule has 0 radical (unpaired) electrons. The molecule has 0 aliphatic carbocycles. The van der Waals surface area contributed by atoms with Crippen molar-refractivity contribution in [1.82, 2.24) is 0 Å². The van der Waals surface area contributed by atoms with E-state index in [9.17, 15) is 4.79 Å². The van der Waals surface area contributed by atoms with Gasteiger partial charge < -0.3 is 4.74 Å². The molecule has 0 aliphatic heterocycles. The van der Waals surface area contributed by atoms with Crippen LogP contribution < -0.4 is 0 Å². The van der Waals surface area contributed by atoms with Crippen molar-refractivity contribution < 1.29 is 9.53 Å². The van der Waals surface area contributed by atoms with Gasteiger partial charge in [-0.3, -0.25) is 0 Å². The molecule has 0 N–H and O–H groups in total. The van der Waals surface area contributed by atoms with Crippen LogP contribution in [0.4, 0.5) is 0 Å². The van der Waals surface area contributed by atoms with Crippen LogP contribution in [0.2, 0.25) is 0 Å². The fourth-order valence-electron chi connectivity index (χ4n) is 0.321. The number of carbonyl (C=O) groups is 1. The van der Waals surface area contributed by atoms with E-state index in [0.29, 0.717) is 12.5 Å². The van der Waals surface area contributed by atoms with Crippen LogP contribution >= 0.6 is 11.6 Å². The van der Waals surface area contributed by atoms with Crippen molar-refractivity contribution in [2.24, 2.45) is 5.92 Å². The molecule has 2 nitrogen and oxygen atoms in total. The van der Waals surface area contributed by atoms with E-state index in [1.807, 2.05) is 13.8 Å². The summed E-state index contributed by atoms with van der Waals surface area (Å²) in [5, 5.41) is -0.0688. The molecule has 0 aromatic carbocycles. The van der Waals surface area contributed by atoms with Gasteiger partial charge in [-0.15, -0.1) is 0 Å². The largest absolute Gasteiger partial charge is 0.461 e. The van der Waals surface area contributed by atoms with Crippen molar-refractivity contribution in [1.29, 1.82) is 0 Å². The normalized spacial score (nSPS) is 9.60. The van der Waals surface area contributed by atoms with Gasteiger partial charge in [-0.05, 0) is 5.92 Å². The van der Waals surface area contributed by atoms with Crippen LogP contribution in [0.1, 0.15) is 13.8 Å². The summed E-state index contributed by atoms with van der Waals surface area (Å²) in [5.74, 6) is -0.199. The highest BCUT2D eigenvalue weighted by Gasteiger charge is 2.05. The molecule has 0 aliphatic rings. The standard InChI is InChI=1S/C7H11ClO2/c1-5(2)4-10-7(9)6(3)8/h5H,3-4H2,1-2H3. The molecule has 58 valence electrons. The Kier molecular flexibility index (Phi) is 4.12. The number of rotatable bonds is 3. The lowest BCUT2D eigenvalue weighted by atomic mass is 10.2. The number of halogens is 1. The summed E-state index contributed by atoms with van der Waals surface area (Å²) in [5.41, 5.74) is 0. The first kappa shape index (κ1) is 9.50. The Labute approximate surface area is 65.8 Å². The molecule has 0 fully saturated rings. The zero-order valence-electron chi connectivity index (χ0n) is 6.19. The van der Waals surface area contributed by atoms with Gasteiger partial charge in [0.15, 0.2) is 0 Å². The number of esters is 1. The molecule has 0 unspecified atom stereocenters.